The molecule has 0 aliphatic rings. The number of rotatable bonds is 7. The van der Waals surface area contributed by atoms with Crippen LogP contribution in [0.2, 0.25) is 0 Å². The van der Waals surface area contributed by atoms with E-state index in [0.717, 1.165) is 11.1 Å². The smallest absolute Gasteiger partial charge is 0.307 e. The van der Waals surface area contributed by atoms with E-state index in [9.17, 15) is 14.0 Å². The maximum atomic E-state index is 13.0. The quantitative estimate of drug-likeness (QED) is 0.557. The number of methoxy groups -OCH3 is 1. The number of ether oxygens (including phenoxy) is 1. The van der Waals surface area contributed by atoms with Gasteiger partial charge in [0.2, 0.25) is 5.91 Å². The first-order valence-electron chi connectivity index (χ1n) is 8.37. The number of hydrogen-bond donors (Lipinski definition) is 0. The normalized spacial score (nSPS) is 12.0. The number of amides is 1. The van der Waals surface area contributed by atoms with Crippen molar-refractivity contribution in [2.75, 3.05) is 13.7 Å². The summed E-state index contributed by atoms with van der Waals surface area (Å²) in [6.07, 6.45) is 3.18. The van der Waals surface area contributed by atoms with E-state index in [1.807, 2.05) is 37.3 Å². The van der Waals surface area contributed by atoms with Crippen LogP contribution in [0.4, 0.5) is 4.39 Å². The average Bonchev–Trinajstić information content (AvgIpc) is 2.67. The van der Waals surface area contributed by atoms with Crippen molar-refractivity contribution >= 4 is 18.0 Å². The molecule has 0 aliphatic carbocycles. The lowest BCUT2D eigenvalue weighted by molar-refractivity contribution is -0.141. The van der Waals surface area contributed by atoms with Crippen LogP contribution in [0.3, 0.4) is 0 Å². The maximum absolute atomic E-state index is 13.0. The molecule has 2 aromatic rings. The van der Waals surface area contributed by atoms with Crippen LogP contribution in [0.5, 0.6) is 0 Å². The van der Waals surface area contributed by atoms with Gasteiger partial charge in [0.25, 0.3) is 0 Å². The molecule has 2 rings (SSSR count). The molecule has 136 valence electrons. The minimum Gasteiger partial charge on any atom is -0.469 e. The fourth-order valence-corrected chi connectivity index (χ4v) is 2.56. The molecule has 0 saturated heterocycles. The van der Waals surface area contributed by atoms with Crippen molar-refractivity contribution in [2.45, 2.75) is 19.4 Å². The molecule has 26 heavy (non-hydrogen) atoms. The van der Waals surface area contributed by atoms with E-state index in [1.54, 1.807) is 23.1 Å². The molecule has 0 radical (unpaired) electrons. The van der Waals surface area contributed by atoms with E-state index < -0.39 is 0 Å². The van der Waals surface area contributed by atoms with E-state index in [2.05, 4.69) is 4.74 Å². The molecular weight excluding hydrogens is 333 g/mol. The van der Waals surface area contributed by atoms with Crippen molar-refractivity contribution in [2.24, 2.45) is 0 Å². The van der Waals surface area contributed by atoms with Gasteiger partial charge in [-0.2, -0.15) is 0 Å². The van der Waals surface area contributed by atoms with Gasteiger partial charge >= 0.3 is 5.97 Å². The molecule has 0 saturated carbocycles. The van der Waals surface area contributed by atoms with Gasteiger partial charge in [0.15, 0.2) is 0 Å². The molecule has 2 aromatic carbocycles. The molecule has 5 heteroatoms. The van der Waals surface area contributed by atoms with Crippen molar-refractivity contribution < 1.29 is 18.7 Å². The molecule has 0 spiro atoms. The van der Waals surface area contributed by atoms with Gasteiger partial charge in [-0.25, -0.2) is 4.39 Å². The number of nitrogens with zero attached hydrogens (tertiary/aromatic N) is 1. The molecule has 0 fully saturated rings. The Morgan fingerprint density at radius 3 is 2.38 bits per heavy atom. The van der Waals surface area contributed by atoms with Crippen molar-refractivity contribution in [3.63, 3.8) is 0 Å². The second-order valence-electron chi connectivity index (χ2n) is 5.83. The molecular formula is C21H22FNO3. The predicted molar refractivity (Wildman–Crippen MR) is 98.6 cm³/mol. The van der Waals surface area contributed by atoms with Crippen LogP contribution in [0, 0.1) is 5.82 Å². The van der Waals surface area contributed by atoms with Crippen LogP contribution in [-0.2, 0) is 14.3 Å². The lowest BCUT2D eigenvalue weighted by atomic mass is 10.1. The Morgan fingerprint density at radius 2 is 1.77 bits per heavy atom. The summed E-state index contributed by atoms with van der Waals surface area (Å²) in [4.78, 5) is 25.8. The standard InChI is InChI=1S/C21H22FNO3/c1-16(18-6-4-3-5-7-18)23(15-14-21(25)26-2)20(24)13-10-17-8-11-19(22)12-9-17/h3-13,16H,14-15H2,1-2H3/b13-10+. The fourth-order valence-electron chi connectivity index (χ4n) is 2.56. The van der Waals surface area contributed by atoms with Gasteiger partial charge in [-0.15, -0.1) is 0 Å². The van der Waals surface area contributed by atoms with Gasteiger partial charge < -0.3 is 9.64 Å². The van der Waals surface area contributed by atoms with E-state index in [1.165, 1.54) is 25.3 Å². The third-order valence-electron chi connectivity index (χ3n) is 4.11. The summed E-state index contributed by atoms with van der Waals surface area (Å²) in [7, 11) is 1.32. The molecule has 0 heterocycles. The Morgan fingerprint density at radius 1 is 1.12 bits per heavy atom. The summed E-state index contributed by atoms with van der Waals surface area (Å²) >= 11 is 0. The van der Waals surface area contributed by atoms with E-state index in [4.69, 9.17) is 0 Å². The topological polar surface area (TPSA) is 46.6 Å². The summed E-state index contributed by atoms with van der Waals surface area (Å²) < 4.78 is 17.6. The first kappa shape index (κ1) is 19.4. The van der Waals surface area contributed by atoms with Crippen molar-refractivity contribution in [1.29, 1.82) is 0 Å². The average molecular weight is 355 g/mol. The van der Waals surface area contributed by atoms with Gasteiger partial charge in [0.1, 0.15) is 5.82 Å². The lowest BCUT2D eigenvalue weighted by Crippen LogP contribution is -2.34. The van der Waals surface area contributed by atoms with Crippen LogP contribution < -0.4 is 0 Å². The van der Waals surface area contributed by atoms with E-state index >= 15 is 0 Å². The minimum atomic E-state index is -0.370. The lowest BCUT2D eigenvalue weighted by Gasteiger charge is -2.28. The van der Waals surface area contributed by atoms with Crippen LogP contribution in [0.15, 0.2) is 60.7 Å². The zero-order chi connectivity index (χ0) is 18.9. The van der Waals surface area contributed by atoms with Crippen LogP contribution in [-0.4, -0.2) is 30.4 Å². The van der Waals surface area contributed by atoms with E-state index in [0.29, 0.717) is 0 Å². The Labute approximate surface area is 152 Å². The van der Waals surface area contributed by atoms with Crippen LogP contribution in [0.25, 0.3) is 6.08 Å². The van der Waals surface area contributed by atoms with Crippen LogP contribution in [0.1, 0.15) is 30.5 Å². The van der Waals surface area contributed by atoms with Crippen molar-refractivity contribution in [3.8, 4) is 0 Å². The van der Waals surface area contributed by atoms with Gasteiger partial charge in [0.05, 0.1) is 19.6 Å². The highest BCUT2D eigenvalue weighted by atomic mass is 19.1. The summed E-state index contributed by atoms with van der Waals surface area (Å²) in [5, 5.41) is 0. The highest BCUT2D eigenvalue weighted by Crippen LogP contribution is 2.21. The number of carbonyl (C=O) groups is 2. The number of carbonyl (C=O) groups excluding carboxylic acids is 2. The largest absolute Gasteiger partial charge is 0.469 e. The third kappa shape index (κ3) is 5.55. The minimum absolute atomic E-state index is 0.115. The summed E-state index contributed by atoms with van der Waals surface area (Å²) in [5.74, 6) is -0.925. The monoisotopic (exact) mass is 355 g/mol. The highest BCUT2D eigenvalue weighted by molar-refractivity contribution is 5.92. The predicted octanol–water partition coefficient (Wildman–Crippen LogP) is 3.99. The number of hydrogen-bond acceptors (Lipinski definition) is 3. The molecule has 1 atom stereocenters. The first-order valence-corrected chi connectivity index (χ1v) is 8.37. The Bertz CT molecular complexity index is 757. The second kappa shape index (κ2) is 9.51. The highest BCUT2D eigenvalue weighted by Gasteiger charge is 2.20. The Hall–Kier alpha value is -2.95. The second-order valence-corrected chi connectivity index (χ2v) is 5.83. The summed E-state index contributed by atoms with van der Waals surface area (Å²) in [5.41, 5.74) is 1.70. The number of halogens is 1. The van der Waals surface area contributed by atoms with Gasteiger partial charge in [-0.1, -0.05) is 42.5 Å². The fraction of sp³-hybridized carbons (Fsp3) is 0.238. The molecule has 0 aromatic heterocycles. The van der Waals surface area contributed by atoms with Crippen molar-refractivity contribution in [1.82, 2.24) is 4.90 Å². The molecule has 1 unspecified atom stereocenters. The third-order valence-corrected chi connectivity index (χ3v) is 4.11. The zero-order valence-corrected chi connectivity index (χ0v) is 14.9. The molecule has 0 N–H and O–H groups in total. The van der Waals surface area contributed by atoms with Gasteiger partial charge in [-0.05, 0) is 36.3 Å². The first-order chi connectivity index (χ1) is 12.5. The summed E-state index contributed by atoms with van der Waals surface area (Å²) in [6, 6.07) is 15.3. The molecule has 0 aliphatic heterocycles. The molecule has 0 bridgehead atoms. The number of benzene rings is 2. The number of esters is 1. The van der Waals surface area contributed by atoms with Crippen LogP contribution >= 0.6 is 0 Å². The van der Waals surface area contributed by atoms with Crippen molar-refractivity contribution in [3.05, 3.63) is 77.6 Å². The Kier molecular flexibility index (Phi) is 7.09. The van der Waals surface area contributed by atoms with Gasteiger partial charge in [-0.3, -0.25) is 9.59 Å². The summed E-state index contributed by atoms with van der Waals surface area (Å²) in [6.45, 7) is 2.16. The van der Waals surface area contributed by atoms with E-state index in [-0.39, 0.29) is 36.7 Å². The maximum Gasteiger partial charge on any atom is 0.307 e. The molecule has 1 amide bonds. The SMILES string of the molecule is COC(=O)CCN(C(=O)/C=C/c1ccc(F)cc1)C(C)c1ccccc1. The Balaban J connectivity index is 2.16. The zero-order valence-electron chi connectivity index (χ0n) is 14.9. The van der Waals surface area contributed by atoms with Gasteiger partial charge in [0, 0.05) is 12.6 Å². The molecule has 4 nitrogen and oxygen atoms in total.